The summed E-state index contributed by atoms with van der Waals surface area (Å²) in [5.41, 5.74) is 1.60. The quantitative estimate of drug-likeness (QED) is 0.829. The third-order valence-electron chi connectivity index (χ3n) is 4.40. The molecule has 0 unspecified atom stereocenters. The topological polar surface area (TPSA) is 70.7 Å². The zero-order valence-corrected chi connectivity index (χ0v) is 13.2. The molecule has 1 saturated heterocycles. The number of para-hydroxylation sites is 2. The highest BCUT2D eigenvalue weighted by atomic mass is 16.5. The molecule has 1 heterocycles. The van der Waals surface area contributed by atoms with Crippen LogP contribution >= 0.6 is 0 Å². The smallest absolute Gasteiger partial charge is 0.313 e. The lowest BCUT2D eigenvalue weighted by Gasteiger charge is -2.30. The molecule has 0 atom stereocenters. The summed E-state index contributed by atoms with van der Waals surface area (Å²) < 4.78 is 5.36. The van der Waals surface area contributed by atoms with Crippen LogP contribution in [-0.2, 0) is 14.3 Å². The van der Waals surface area contributed by atoms with Gasteiger partial charge in [-0.3, -0.25) is 9.59 Å². The van der Waals surface area contributed by atoms with Crippen molar-refractivity contribution in [3.8, 4) is 0 Å². The fraction of sp³-hybridized carbons (Fsp3) is 0.529. The van der Waals surface area contributed by atoms with Gasteiger partial charge in [-0.1, -0.05) is 25.0 Å². The molecule has 0 radical (unpaired) electrons. The monoisotopic (exact) mass is 317 g/mol. The lowest BCUT2D eigenvalue weighted by atomic mass is 10.2. The third kappa shape index (κ3) is 4.01. The minimum Gasteiger partial charge on any atom is -0.378 e. The first-order chi connectivity index (χ1) is 11.2. The van der Waals surface area contributed by atoms with Gasteiger partial charge in [0.15, 0.2) is 0 Å². The Hall–Kier alpha value is -2.08. The molecule has 1 aromatic carbocycles. The number of hydrogen-bond acceptors (Lipinski definition) is 4. The van der Waals surface area contributed by atoms with Gasteiger partial charge in [-0.25, -0.2) is 0 Å². The molecule has 0 spiro atoms. The summed E-state index contributed by atoms with van der Waals surface area (Å²) >= 11 is 0. The summed E-state index contributed by atoms with van der Waals surface area (Å²) in [4.78, 5) is 26.4. The minimum atomic E-state index is -0.599. The van der Waals surface area contributed by atoms with Crippen LogP contribution in [0.2, 0.25) is 0 Å². The first-order valence-corrected chi connectivity index (χ1v) is 8.27. The van der Waals surface area contributed by atoms with Crippen molar-refractivity contribution in [1.29, 1.82) is 0 Å². The van der Waals surface area contributed by atoms with E-state index in [1.54, 1.807) is 0 Å². The number of rotatable bonds is 3. The molecule has 6 heteroatoms. The number of anilines is 2. The van der Waals surface area contributed by atoms with Crippen LogP contribution in [0.15, 0.2) is 24.3 Å². The zero-order valence-electron chi connectivity index (χ0n) is 13.2. The molecule has 2 amide bonds. The summed E-state index contributed by atoms with van der Waals surface area (Å²) in [6, 6.07) is 7.71. The second-order valence-electron chi connectivity index (χ2n) is 6.03. The van der Waals surface area contributed by atoms with Gasteiger partial charge in [0.1, 0.15) is 0 Å². The molecule has 23 heavy (non-hydrogen) atoms. The average Bonchev–Trinajstić information content (AvgIpc) is 3.09. The Morgan fingerprint density at radius 1 is 1.04 bits per heavy atom. The van der Waals surface area contributed by atoms with Crippen molar-refractivity contribution in [1.82, 2.24) is 5.32 Å². The Morgan fingerprint density at radius 2 is 1.74 bits per heavy atom. The van der Waals surface area contributed by atoms with Crippen molar-refractivity contribution in [2.45, 2.75) is 31.7 Å². The summed E-state index contributed by atoms with van der Waals surface area (Å²) in [5, 5.41) is 5.56. The van der Waals surface area contributed by atoms with Gasteiger partial charge in [0.2, 0.25) is 0 Å². The predicted octanol–water partition coefficient (Wildman–Crippen LogP) is 1.52. The van der Waals surface area contributed by atoms with E-state index in [2.05, 4.69) is 15.5 Å². The molecule has 3 rings (SSSR count). The second kappa shape index (κ2) is 7.46. The van der Waals surface area contributed by atoms with Crippen molar-refractivity contribution in [2.24, 2.45) is 0 Å². The van der Waals surface area contributed by atoms with Gasteiger partial charge < -0.3 is 20.3 Å². The first-order valence-electron chi connectivity index (χ1n) is 8.27. The van der Waals surface area contributed by atoms with Crippen LogP contribution in [-0.4, -0.2) is 44.2 Å². The maximum absolute atomic E-state index is 12.2. The molecule has 2 N–H and O–H groups in total. The Bertz CT molecular complexity index is 564. The van der Waals surface area contributed by atoms with Crippen LogP contribution in [0, 0.1) is 0 Å². The van der Waals surface area contributed by atoms with E-state index in [0.29, 0.717) is 18.9 Å². The Kier molecular flexibility index (Phi) is 5.12. The van der Waals surface area contributed by atoms with E-state index < -0.39 is 11.8 Å². The number of ether oxygens (including phenoxy) is 1. The Balaban J connectivity index is 1.64. The standard InChI is InChI=1S/C17H23N3O3/c21-16(18-13-5-1-2-6-13)17(22)19-14-7-3-4-8-15(14)20-9-11-23-12-10-20/h3-4,7-8,13H,1-2,5-6,9-12H2,(H,18,21)(H,19,22). The highest BCUT2D eigenvalue weighted by Crippen LogP contribution is 2.26. The normalized spacial score (nSPS) is 18.7. The average molecular weight is 317 g/mol. The number of morpholine rings is 1. The van der Waals surface area contributed by atoms with Crippen molar-refractivity contribution in [3.05, 3.63) is 24.3 Å². The van der Waals surface area contributed by atoms with Crippen molar-refractivity contribution >= 4 is 23.2 Å². The summed E-state index contributed by atoms with van der Waals surface area (Å²) in [6.45, 7) is 2.90. The lowest BCUT2D eigenvalue weighted by molar-refractivity contribution is -0.136. The molecule has 124 valence electrons. The fourth-order valence-electron chi connectivity index (χ4n) is 3.16. The van der Waals surface area contributed by atoms with E-state index in [-0.39, 0.29) is 6.04 Å². The molecule has 2 fully saturated rings. The van der Waals surface area contributed by atoms with Gasteiger partial charge in [0, 0.05) is 19.1 Å². The predicted molar refractivity (Wildman–Crippen MR) is 88.5 cm³/mol. The molecule has 1 aliphatic heterocycles. The number of amides is 2. The molecular formula is C17H23N3O3. The van der Waals surface area contributed by atoms with Crippen LogP contribution in [0.4, 0.5) is 11.4 Å². The third-order valence-corrected chi connectivity index (χ3v) is 4.40. The SMILES string of the molecule is O=C(Nc1ccccc1N1CCOCC1)C(=O)NC1CCCC1. The van der Waals surface area contributed by atoms with Crippen molar-refractivity contribution in [3.63, 3.8) is 0 Å². The number of carbonyl (C=O) groups excluding carboxylic acids is 2. The number of hydrogen-bond donors (Lipinski definition) is 2. The van der Waals surface area contributed by atoms with E-state index in [9.17, 15) is 9.59 Å². The molecule has 0 aromatic heterocycles. The summed E-state index contributed by atoms with van der Waals surface area (Å²) in [7, 11) is 0. The van der Waals surface area contributed by atoms with E-state index in [1.165, 1.54) is 0 Å². The zero-order chi connectivity index (χ0) is 16.1. The number of carbonyl (C=O) groups is 2. The van der Waals surface area contributed by atoms with E-state index in [1.807, 2.05) is 24.3 Å². The first kappa shape index (κ1) is 15.8. The van der Waals surface area contributed by atoms with E-state index in [4.69, 9.17) is 4.74 Å². The Labute approximate surface area is 136 Å². The minimum absolute atomic E-state index is 0.141. The molecule has 1 saturated carbocycles. The summed E-state index contributed by atoms with van der Waals surface area (Å²) in [6.07, 6.45) is 4.16. The largest absolute Gasteiger partial charge is 0.378 e. The van der Waals surface area contributed by atoms with Crippen LogP contribution in [0.25, 0.3) is 0 Å². The van der Waals surface area contributed by atoms with Gasteiger partial charge in [0.05, 0.1) is 24.6 Å². The maximum atomic E-state index is 12.2. The molecule has 1 aromatic rings. The molecule has 1 aliphatic carbocycles. The van der Waals surface area contributed by atoms with Gasteiger partial charge in [-0.05, 0) is 25.0 Å². The highest BCUT2D eigenvalue weighted by molar-refractivity contribution is 6.40. The van der Waals surface area contributed by atoms with Crippen molar-refractivity contribution in [2.75, 3.05) is 36.5 Å². The summed E-state index contributed by atoms with van der Waals surface area (Å²) in [5.74, 6) is -1.15. The van der Waals surface area contributed by atoms with E-state index in [0.717, 1.165) is 44.5 Å². The molecular weight excluding hydrogens is 294 g/mol. The highest BCUT2D eigenvalue weighted by Gasteiger charge is 2.23. The van der Waals surface area contributed by atoms with Crippen LogP contribution in [0.3, 0.4) is 0 Å². The van der Waals surface area contributed by atoms with Crippen molar-refractivity contribution < 1.29 is 14.3 Å². The fourth-order valence-corrected chi connectivity index (χ4v) is 3.16. The van der Waals surface area contributed by atoms with E-state index >= 15 is 0 Å². The van der Waals surface area contributed by atoms with Crippen LogP contribution < -0.4 is 15.5 Å². The van der Waals surface area contributed by atoms with Crippen LogP contribution in [0.5, 0.6) is 0 Å². The molecule has 0 bridgehead atoms. The molecule has 6 nitrogen and oxygen atoms in total. The number of benzene rings is 1. The lowest BCUT2D eigenvalue weighted by Crippen LogP contribution is -2.41. The van der Waals surface area contributed by atoms with Gasteiger partial charge in [-0.15, -0.1) is 0 Å². The molecule has 2 aliphatic rings. The maximum Gasteiger partial charge on any atom is 0.313 e. The van der Waals surface area contributed by atoms with Gasteiger partial charge >= 0.3 is 11.8 Å². The Morgan fingerprint density at radius 3 is 2.48 bits per heavy atom. The number of nitrogens with one attached hydrogen (secondary N) is 2. The van der Waals surface area contributed by atoms with Gasteiger partial charge in [-0.2, -0.15) is 0 Å². The van der Waals surface area contributed by atoms with Gasteiger partial charge in [0.25, 0.3) is 0 Å². The second-order valence-corrected chi connectivity index (χ2v) is 6.03. The number of nitrogens with zero attached hydrogens (tertiary/aromatic N) is 1. The van der Waals surface area contributed by atoms with Crippen LogP contribution in [0.1, 0.15) is 25.7 Å².